The molecule has 2 heterocycles. The molecular weight excluding hydrogens is 465 g/mol. The fourth-order valence-electron chi connectivity index (χ4n) is 3.25. The Balaban J connectivity index is 0.00000392. The topological polar surface area (TPSA) is 61.8 Å². The number of hydrogen-bond donors (Lipinski definition) is 2. The van der Waals surface area contributed by atoms with Gasteiger partial charge in [0, 0.05) is 38.9 Å². The maximum atomic E-state index is 5.60. The molecule has 1 aromatic heterocycles. The summed E-state index contributed by atoms with van der Waals surface area (Å²) in [6.45, 7) is 12.2. The molecule has 28 heavy (non-hydrogen) atoms. The Hall–Kier alpha value is -1.09. The largest absolute Gasteiger partial charge is 0.375 e. The van der Waals surface area contributed by atoms with Gasteiger partial charge in [0.05, 0.1) is 12.7 Å². The van der Waals surface area contributed by atoms with Crippen LogP contribution in [0.25, 0.3) is 0 Å². The molecule has 0 amide bonds. The first-order valence-electron chi connectivity index (χ1n) is 10.3. The SMILES string of the molecule is CN=C(NCc1ccc(N2CCOC(C)C2)nc1)NC(C)CCCC(C)C.I. The smallest absolute Gasteiger partial charge is 0.191 e. The van der Waals surface area contributed by atoms with E-state index >= 15 is 0 Å². The molecule has 2 atom stereocenters. The molecule has 6 nitrogen and oxygen atoms in total. The second-order valence-electron chi connectivity index (χ2n) is 7.95. The number of aromatic nitrogens is 1. The van der Waals surface area contributed by atoms with Gasteiger partial charge >= 0.3 is 0 Å². The number of anilines is 1. The van der Waals surface area contributed by atoms with Gasteiger partial charge in [-0.25, -0.2) is 4.98 Å². The van der Waals surface area contributed by atoms with Crippen molar-refractivity contribution in [3.8, 4) is 0 Å². The van der Waals surface area contributed by atoms with Crippen molar-refractivity contribution >= 4 is 35.8 Å². The highest BCUT2D eigenvalue weighted by Gasteiger charge is 2.17. The third kappa shape index (κ3) is 8.94. The number of halogens is 1. The van der Waals surface area contributed by atoms with E-state index in [9.17, 15) is 0 Å². The van der Waals surface area contributed by atoms with Crippen LogP contribution in [0.3, 0.4) is 0 Å². The highest BCUT2D eigenvalue weighted by Crippen LogP contribution is 2.15. The zero-order valence-electron chi connectivity index (χ0n) is 18.1. The van der Waals surface area contributed by atoms with Gasteiger partial charge < -0.3 is 20.3 Å². The van der Waals surface area contributed by atoms with E-state index in [1.54, 1.807) is 0 Å². The molecule has 2 rings (SSSR count). The molecule has 1 saturated heterocycles. The summed E-state index contributed by atoms with van der Waals surface area (Å²) in [5, 5.41) is 6.86. The van der Waals surface area contributed by atoms with Crippen LogP contribution in [-0.4, -0.2) is 49.8 Å². The average molecular weight is 503 g/mol. The minimum atomic E-state index is 0. The van der Waals surface area contributed by atoms with E-state index < -0.39 is 0 Å². The number of morpholine rings is 1. The third-order valence-electron chi connectivity index (χ3n) is 4.86. The van der Waals surface area contributed by atoms with Gasteiger partial charge in [-0.15, -0.1) is 24.0 Å². The minimum absolute atomic E-state index is 0. The molecule has 1 aromatic rings. The predicted molar refractivity (Wildman–Crippen MR) is 129 cm³/mol. The number of rotatable bonds is 8. The number of guanidine groups is 1. The van der Waals surface area contributed by atoms with Crippen molar-refractivity contribution in [2.75, 3.05) is 31.6 Å². The van der Waals surface area contributed by atoms with Gasteiger partial charge in [0.1, 0.15) is 5.82 Å². The lowest BCUT2D eigenvalue weighted by Gasteiger charge is -2.32. The van der Waals surface area contributed by atoms with E-state index in [1.165, 1.54) is 12.8 Å². The molecule has 7 heteroatoms. The van der Waals surface area contributed by atoms with Crippen LogP contribution in [0.2, 0.25) is 0 Å². The molecule has 1 fully saturated rings. The van der Waals surface area contributed by atoms with Crippen LogP contribution >= 0.6 is 24.0 Å². The Morgan fingerprint density at radius 2 is 2.11 bits per heavy atom. The number of nitrogens with one attached hydrogen (secondary N) is 2. The predicted octanol–water partition coefficient (Wildman–Crippen LogP) is 3.80. The highest BCUT2D eigenvalue weighted by molar-refractivity contribution is 14.0. The highest BCUT2D eigenvalue weighted by atomic mass is 127. The van der Waals surface area contributed by atoms with E-state index in [0.29, 0.717) is 12.6 Å². The second kappa shape index (κ2) is 13.2. The molecule has 1 aliphatic heterocycles. The summed E-state index contributed by atoms with van der Waals surface area (Å²) in [6.07, 6.45) is 5.89. The number of pyridine rings is 1. The molecule has 2 N–H and O–H groups in total. The van der Waals surface area contributed by atoms with Crippen molar-refractivity contribution < 1.29 is 4.74 Å². The molecule has 0 bridgehead atoms. The summed E-state index contributed by atoms with van der Waals surface area (Å²) in [5.74, 6) is 2.64. The van der Waals surface area contributed by atoms with Crippen LogP contribution in [-0.2, 0) is 11.3 Å². The summed E-state index contributed by atoms with van der Waals surface area (Å²) < 4.78 is 5.60. The fourth-order valence-corrected chi connectivity index (χ4v) is 3.25. The summed E-state index contributed by atoms with van der Waals surface area (Å²) in [7, 11) is 1.82. The standard InChI is InChI=1S/C21H37N5O.HI/c1-16(2)7-6-8-17(3)25-21(22-5)24-14-19-9-10-20(23-13-19)26-11-12-27-18(4)15-26;/h9-10,13,16-18H,6-8,11-12,14-15H2,1-5H3,(H2,22,24,25);1H. The summed E-state index contributed by atoms with van der Waals surface area (Å²) in [6, 6.07) is 4.65. The first kappa shape index (κ1) is 24.9. The Labute approximate surface area is 187 Å². The summed E-state index contributed by atoms with van der Waals surface area (Å²) >= 11 is 0. The maximum absolute atomic E-state index is 5.60. The monoisotopic (exact) mass is 503 g/mol. The van der Waals surface area contributed by atoms with E-state index in [2.05, 4.69) is 65.3 Å². The minimum Gasteiger partial charge on any atom is -0.375 e. The van der Waals surface area contributed by atoms with Crippen molar-refractivity contribution in [2.24, 2.45) is 10.9 Å². The van der Waals surface area contributed by atoms with E-state index in [1.807, 2.05) is 13.2 Å². The number of aliphatic imine (C=N–C) groups is 1. The Kier molecular flexibility index (Phi) is 11.8. The fraction of sp³-hybridized carbons (Fsp3) is 0.714. The lowest BCUT2D eigenvalue weighted by molar-refractivity contribution is 0.0529. The maximum Gasteiger partial charge on any atom is 0.191 e. The van der Waals surface area contributed by atoms with Crippen molar-refractivity contribution in [2.45, 2.75) is 65.6 Å². The van der Waals surface area contributed by atoms with E-state index in [4.69, 9.17) is 4.74 Å². The van der Waals surface area contributed by atoms with E-state index in [0.717, 1.165) is 49.4 Å². The Morgan fingerprint density at radius 3 is 2.71 bits per heavy atom. The Bertz CT molecular complexity index is 579. The van der Waals surface area contributed by atoms with Crippen molar-refractivity contribution in [3.63, 3.8) is 0 Å². The molecule has 0 saturated carbocycles. The molecule has 0 spiro atoms. The van der Waals surface area contributed by atoms with Crippen molar-refractivity contribution in [1.82, 2.24) is 15.6 Å². The molecular formula is C21H38IN5O. The van der Waals surface area contributed by atoms with Crippen molar-refractivity contribution in [3.05, 3.63) is 23.9 Å². The van der Waals surface area contributed by atoms with Gasteiger partial charge in [-0.1, -0.05) is 32.8 Å². The molecule has 0 aromatic carbocycles. The van der Waals surface area contributed by atoms with Gasteiger partial charge in [0.2, 0.25) is 0 Å². The third-order valence-corrected chi connectivity index (χ3v) is 4.86. The molecule has 1 aliphatic rings. The summed E-state index contributed by atoms with van der Waals surface area (Å²) in [5.41, 5.74) is 1.15. The lowest BCUT2D eigenvalue weighted by atomic mass is 10.0. The normalized spacial score (nSPS) is 18.6. The Morgan fingerprint density at radius 1 is 1.32 bits per heavy atom. The van der Waals surface area contributed by atoms with Crippen LogP contribution in [0.5, 0.6) is 0 Å². The van der Waals surface area contributed by atoms with Gasteiger partial charge in [-0.2, -0.15) is 0 Å². The van der Waals surface area contributed by atoms with Crippen LogP contribution in [0, 0.1) is 5.92 Å². The van der Waals surface area contributed by atoms with Gasteiger partial charge in [-0.05, 0) is 37.8 Å². The summed E-state index contributed by atoms with van der Waals surface area (Å²) in [4.78, 5) is 11.2. The van der Waals surface area contributed by atoms with Gasteiger partial charge in [0.25, 0.3) is 0 Å². The number of hydrogen-bond acceptors (Lipinski definition) is 4. The quantitative estimate of drug-likeness (QED) is 0.321. The van der Waals surface area contributed by atoms with Crippen LogP contribution in [0.4, 0.5) is 5.82 Å². The van der Waals surface area contributed by atoms with Crippen LogP contribution < -0.4 is 15.5 Å². The number of ether oxygens (including phenoxy) is 1. The molecule has 2 unspecified atom stereocenters. The zero-order valence-corrected chi connectivity index (χ0v) is 20.4. The van der Waals surface area contributed by atoms with E-state index in [-0.39, 0.29) is 30.1 Å². The van der Waals surface area contributed by atoms with Crippen molar-refractivity contribution in [1.29, 1.82) is 0 Å². The molecule has 0 aliphatic carbocycles. The van der Waals surface area contributed by atoms with Crippen LogP contribution in [0.15, 0.2) is 23.3 Å². The van der Waals surface area contributed by atoms with Gasteiger partial charge in [0.15, 0.2) is 5.96 Å². The molecule has 0 radical (unpaired) electrons. The van der Waals surface area contributed by atoms with Gasteiger partial charge in [-0.3, -0.25) is 4.99 Å². The molecule has 160 valence electrons. The van der Waals surface area contributed by atoms with Crippen LogP contribution in [0.1, 0.15) is 52.5 Å². The lowest BCUT2D eigenvalue weighted by Crippen LogP contribution is -2.42. The second-order valence-corrected chi connectivity index (χ2v) is 7.95. The first-order valence-corrected chi connectivity index (χ1v) is 10.3. The first-order chi connectivity index (χ1) is 13.0. The zero-order chi connectivity index (χ0) is 19.6. The average Bonchev–Trinajstić information content (AvgIpc) is 2.65. The number of nitrogens with zero attached hydrogens (tertiary/aromatic N) is 3.